The van der Waals surface area contributed by atoms with Gasteiger partial charge in [0.1, 0.15) is 0 Å². The van der Waals surface area contributed by atoms with Crippen LogP contribution < -0.4 is 0 Å². The van der Waals surface area contributed by atoms with Crippen LogP contribution in [0.5, 0.6) is 0 Å². The van der Waals surface area contributed by atoms with E-state index in [0.29, 0.717) is 0 Å². The first-order chi connectivity index (χ1) is 22.2. The highest BCUT2D eigenvalue weighted by Crippen LogP contribution is 2.58. The first-order valence-electron chi connectivity index (χ1n) is 15.4. The molecule has 0 N–H and O–H groups in total. The standard InChI is InChI=1S/C43H28BrN/c44-33-18-11-13-29(27-33)30-25-26-36-35-20-8-10-23-39(35)45(41(36)28-30)40-24-12-21-37-34-19-7-9-22-38(34)43(42(37)40,31-14-3-1-4-15-31)32-16-5-2-6-17-32/h1-28H. The molecule has 0 saturated carbocycles. The minimum Gasteiger partial charge on any atom is -0.309 e. The monoisotopic (exact) mass is 637 g/mol. The fraction of sp³-hybridized carbons (Fsp3) is 0.0233. The maximum atomic E-state index is 3.69. The van der Waals surface area contributed by atoms with Crippen LogP contribution in [0.4, 0.5) is 0 Å². The van der Waals surface area contributed by atoms with Crippen LogP contribution in [0.15, 0.2) is 174 Å². The molecular formula is C43H28BrN. The maximum Gasteiger partial charge on any atom is 0.0734 e. The van der Waals surface area contributed by atoms with Gasteiger partial charge in [0.15, 0.2) is 0 Å². The van der Waals surface area contributed by atoms with Crippen LogP contribution >= 0.6 is 15.9 Å². The van der Waals surface area contributed by atoms with Gasteiger partial charge in [-0.05, 0) is 69.3 Å². The van der Waals surface area contributed by atoms with Crippen molar-refractivity contribution in [2.75, 3.05) is 0 Å². The molecular weight excluding hydrogens is 610 g/mol. The van der Waals surface area contributed by atoms with Crippen LogP contribution in [-0.2, 0) is 5.41 Å². The number of aromatic nitrogens is 1. The van der Waals surface area contributed by atoms with Crippen molar-refractivity contribution in [1.29, 1.82) is 0 Å². The quantitative estimate of drug-likeness (QED) is 0.181. The minimum atomic E-state index is -0.495. The van der Waals surface area contributed by atoms with Gasteiger partial charge in [0.05, 0.1) is 22.1 Å². The lowest BCUT2D eigenvalue weighted by molar-refractivity contribution is 0.762. The second-order valence-electron chi connectivity index (χ2n) is 11.8. The van der Waals surface area contributed by atoms with Crippen molar-refractivity contribution in [2.24, 2.45) is 0 Å². The number of hydrogen-bond donors (Lipinski definition) is 0. The van der Waals surface area contributed by atoms with Gasteiger partial charge in [0.2, 0.25) is 0 Å². The Balaban J connectivity index is 1.45. The molecule has 45 heavy (non-hydrogen) atoms. The van der Waals surface area contributed by atoms with Crippen molar-refractivity contribution < 1.29 is 0 Å². The number of nitrogens with zero attached hydrogens (tertiary/aromatic N) is 1. The lowest BCUT2D eigenvalue weighted by Crippen LogP contribution is -2.29. The van der Waals surface area contributed by atoms with Crippen molar-refractivity contribution in [3.8, 4) is 27.9 Å². The smallest absolute Gasteiger partial charge is 0.0734 e. The predicted molar refractivity (Wildman–Crippen MR) is 191 cm³/mol. The van der Waals surface area contributed by atoms with Crippen LogP contribution in [0.2, 0.25) is 0 Å². The Morgan fingerprint density at radius 1 is 0.444 bits per heavy atom. The summed E-state index contributed by atoms with van der Waals surface area (Å²) in [4.78, 5) is 0. The van der Waals surface area contributed by atoms with Gasteiger partial charge < -0.3 is 4.57 Å². The normalized spacial score (nSPS) is 13.2. The van der Waals surface area contributed by atoms with E-state index in [-0.39, 0.29) is 0 Å². The second kappa shape index (κ2) is 10.2. The summed E-state index contributed by atoms with van der Waals surface area (Å²) in [6.07, 6.45) is 0. The van der Waals surface area contributed by atoms with Gasteiger partial charge in [-0.2, -0.15) is 0 Å². The highest BCUT2D eigenvalue weighted by molar-refractivity contribution is 9.10. The zero-order valence-corrected chi connectivity index (χ0v) is 26.1. The SMILES string of the molecule is Brc1cccc(-c2ccc3c4ccccc4n(-c4cccc5c4C(c4ccccc4)(c4ccccc4)c4ccccc4-5)c3c2)c1. The third-order valence-corrected chi connectivity index (χ3v) is 10.0. The number of fused-ring (bicyclic) bond motifs is 6. The number of para-hydroxylation sites is 1. The second-order valence-corrected chi connectivity index (χ2v) is 12.7. The Morgan fingerprint density at radius 2 is 1.07 bits per heavy atom. The van der Waals surface area contributed by atoms with E-state index in [9.17, 15) is 0 Å². The molecule has 0 spiro atoms. The largest absolute Gasteiger partial charge is 0.309 e. The molecule has 1 nitrogen and oxygen atoms in total. The summed E-state index contributed by atoms with van der Waals surface area (Å²) in [5, 5.41) is 2.51. The molecule has 0 bridgehead atoms. The van der Waals surface area contributed by atoms with Gasteiger partial charge in [-0.25, -0.2) is 0 Å². The molecule has 0 aliphatic heterocycles. The van der Waals surface area contributed by atoms with Gasteiger partial charge in [-0.3, -0.25) is 0 Å². The number of halogens is 1. The third-order valence-electron chi connectivity index (χ3n) is 9.52. The molecule has 2 heteroatoms. The molecule has 9 rings (SSSR count). The predicted octanol–water partition coefficient (Wildman–Crippen LogP) is 11.6. The van der Waals surface area contributed by atoms with Crippen molar-refractivity contribution in [2.45, 2.75) is 5.41 Å². The zero-order valence-electron chi connectivity index (χ0n) is 24.5. The van der Waals surface area contributed by atoms with E-state index >= 15 is 0 Å². The van der Waals surface area contributed by atoms with Crippen molar-refractivity contribution in [3.05, 3.63) is 197 Å². The molecule has 8 aromatic rings. The Kier molecular flexibility index (Phi) is 5.94. The molecule has 7 aromatic carbocycles. The topological polar surface area (TPSA) is 4.93 Å². The van der Waals surface area contributed by atoms with Gasteiger partial charge in [0, 0.05) is 20.8 Å². The van der Waals surface area contributed by atoms with E-state index in [2.05, 4.69) is 190 Å². The minimum absolute atomic E-state index is 0.495. The summed E-state index contributed by atoms with van der Waals surface area (Å²) in [5.41, 5.74) is 13.3. The molecule has 0 radical (unpaired) electrons. The highest BCUT2D eigenvalue weighted by atomic mass is 79.9. The number of benzene rings is 7. The van der Waals surface area contributed by atoms with Gasteiger partial charge in [0.25, 0.3) is 0 Å². The van der Waals surface area contributed by atoms with Crippen molar-refractivity contribution >= 4 is 37.7 Å². The molecule has 0 amide bonds. The first-order valence-corrected chi connectivity index (χ1v) is 16.2. The van der Waals surface area contributed by atoms with Crippen LogP contribution in [0, 0.1) is 0 Å². The van der Waals surface area contributed by atoms with Crippen molar-refractivity contribution in [3.63, 3.8) is 0 Å². The van der Waals surface area contributed by atoms with Crippen molar-refractivity contribution in [1.82, 2.24) is 4.57 Å². The van der Waals surface area contributed by atoms with E-state index in [1.807, 2.05) is 0 Å². The molecule has 0 fully saturated rings. The zero-order chi connectivity index (χ0) is 30.0. The molecule has 1 aliphatic carbocycles. The molecule has 1 heterocycles. The van der Waals surface area contributed by atoms with Gasteiger partial charge >= 0.3 is 0 Å². The molecule has 212 valence electrons. The summed E-state index contributed by atoms with van der Waals surface area (Å²) in [6.45, 7) is 0. The van der Waals surface area contributed by atoms with Crippen LogP contribution in [0.1, 0.15) is 22.3 Å². The molecule has 0 atom stereocenters. The number of hydrogen-bond acceptors (Lipinski definition) is 0. The molecule has 0 unspecified atom stereocenters. The molecule has 1 aliphatic rings. The van der Waals surface area contributed by atoms with Crippen LogP contribution in [0.25, 0.3) is 49.7 Å². The first kappa shape index (κ1) is 26.2. The van der Waals surface area contributed by atoms with E-state index in [4.69, 9.17) is 0 Å². The third kappa shape index (κ3) is 3.79. The Labute approximate surface area is 271 Å². The fourth-order valence-corrected chi connectivity index (χ4v) is 8.14. The highest BCUT2D eigenvalue weighted by Gasteiger charge is 2.47. The van der Waals surface area contributed by atoms with E-state index in [0.717, 1.165) is 4.47 Å². The van der Waals surface area contributed by atoms with Gasteiger partial charge in [-0.15, -0.1) is 0 Å². The lowest BCUT2D eigenvalue weighted by atomic mass is 9.67. The van der Waals surface area contributed by atoms with Crippen LogP contribution in [0.3, 0.4) is 0 Å². The average molecular weight is 639 g/mol. The average Bonchev–Trinajstić information content (AvgIpc) is 3.60. The van der Waals surface area contributed by atoms with E-state index < -0.39 is 5.41 Å². The summed E-state index contributed by atoms with van der Waals surface area (Å²) in [6, 6.07) is 62.3. The van der Waals surface area contributed by atoms with Crippen LogP contribution in [-0.4, -0.2) is 4.57 Å². The summed E-state index contributed by atoms with van der Waals surface area (Å²) in [7, 11) is 0. The number of rotatable bonds is 4. The summed E-state index contributed by atoms with van der Waals surface area (Å²) < 4.78 is 3.59. The lowest BCUT2D eigenvalue weighted by Gasteiger charge is -2.35. The molecule has 1 aromatic heterocycles. The summed E-state index contributed by atoms with van der Waals surface area (Å²) >= 11 is 3.69. The van der Waals surface area contributed by atoms with E-state index in [1.54, 1.807) is 0 Å². The Morgan fingerprint density at radius 3 is 1.84 bits per heavy atom. The van der Waals surface area contributed by atoms with E-state index in [1.165, 1.54) is 72.0 Å². The fourth-order valence-electron chi connectivity index (χ4n) is 7.75. The maximum absolute atomic E-state index is 3.69. The van der Waals surface area contributed by atoms with Gasteiger partial charge in [-0.1, -0.05) is 155 Å². The molecule has 0 saturated heterocycles. The summed E-state index contributed by atoms with van der Waals surface area (Å²) in [5.74, 6) is 0. The Bertz CT molecular complexity index is 2340. The Hall–Kier alpha value is -5.18.